The maximum atomic E-state index is 12.7. The van der Waals surface area contributed by atoms with Crippen molar-refractivity contribution in [1.82, 2.24) is 10.2 Å². The molecule has 0 aliphatic rings. The van der Waals surface area contributed by atoms with Crippen LogP contribution in [0.5, 0.6) is 5.75 Å². The van der Waals surface area contributed by atoms with Gasteiger partial charge in [-0.25, -0.2) is 0 Å². The van der Waals surface area contributed by atoms with Crippen LogP contribution in [-0.2, 0) is 24.4 Å². The highest BCUT2D eigenvalue weighted by atomic mass is 16.5. The van der Waals surface area contributed by atoms with Crippen LogP contribution >= 0.6 is 0 Å². The average molecular weight is 412 g/mol. The van der Waals surface area contributed by atoms with E-state index in [9.17, 15) is 10.1 Å². The van der Waals surface area contributed by atoms with Crippen molar-refractivity contribution in [1.29, 1.82) is 5.26 Å². The first-order valence-electron chi connectivity index (χ1n) is 10.0. The number of hydrogen-bond donors (Lipinski definition) is 1. The Morgan fingerprint density at radius 2 is 1.45 bits per heavy atom. The maximum absolute atomic E-state index is 12.7. The average Bonchev–Trinajstić information content (AvgIpc) is 2.82. The Morgan fingerprint density at radius 1 is 0.903 bits per heavy atom. The van der Waals surface area contributed by atoms with Gasteiger partial charge in [0.25, 0.3) is 5.91 Å². The third kappa shape index (κ3) is 6.76. The molecule has 3 rings (SSSR count). The van der Waals surface area contributed by atoms with Gasteiger partial charge >= 0.3 is 0 Å². The molecule has 0 spiro atoms. The van der Waals surface area contributed by atoms with Gasteiger partial charge in [-0.3, -0.25) is 4.79 Å². The molecule has 5 heteroatoms. The van der Waals surface area contributed by atoms with E-state index in [1.54, 1.807) is 13.3 Å². The van der Waals surface area contributed by atoms with Crippen LogP contribution in [-0.4, -0.2) is 17.9 Å². The Hall–Kier alpha value is -4.04. The van der Waals surface area contributed by atoms with Crippen molar-refractivity contribution < 1.29 is 9.53 Å². The van der Waals surface area contributed by atoms with Gasteiger partial charge in [0, 0.05) is 25.8 Å². The summed E-state index contributed by atoms with van der Waals surface area (Å²) in [5.74, 6) is 0.356. The standard InChI is InChI=1S/C26H25N3O2/c1-31-25-14-12-21(13-15-25)17-28-26(30)24(16-27)20-29(18-22-8-4-2-5-9-22)19-23-10-6-3-7-11-23/h2-15,20H,17-19H2,1H3,(H,28,30)/b24-20-. The number of nitrogens with zero attached hydrogens (tertiary/aromatic N) is 2. The molecule has 0 radical (unpaired) electrons. The van der Waals surface area contributed by atoms with Crippen LogP contribution in [0.25, 0.3) is 0 Å². The summed E-state index contributed by atoms with van der Waals surface area (Å²) in [6.07, 6.45) is 1.64. The SMILES string of the molecule is COc1ccc(CNC(=O)/C(C#N)=C\N(Cc2ccccc2)Cc2ccccc2)cc1. The van der Waals surface area contributed by atoms with E-state index in [1.807, 2.05) is 95.9 Å². The quantitative estimate of drug-likeness (QED) is 0.418. The van der Waals surface area contributed by atoms with Crippen LogP contribution < -0.4 is 10.1 Å². The summed E-state index contributed by atoms with van der Waals surface area (Å²) in [6.45, 7) is 1.51. The minimum atomic E-state index is -0.399. The number of hydrogen-bond acceptors (Lipinski definition) is 4. The largest absolute Gasteiger partial charge is 0.497 e. The van der Waals surface area contributed by atoms with Gasteiger partial charge in [0.05, 0.1) is 7.11 Å². The molecule has 0 aliphatic carbocycles. The Bertz CT molecular complexity index is 998. The second kappa shape index (κ2) is 11.2. The molecular weight excluding hydrogens is 386 g/mol. The van der Waals surface area contributed by atoms with Gasteiger partial charge in [-0.15, -0.1) is 0 Å². The lowest BCUT2D eigenvalue weighted by Gasteiger charge is -2.21. The van der Waals surface area contributed by atoms with Crippen LogP contribution in [0.4, 0.5) is 0 Å². The molecule has 156 valence electrons. The van der Waals surface area contributed by atoms with Crippen LogP contribution in [0.2, 0.25) is 0 Å². The fourth-order valence-corrected chi connectivity index (χ4v) is 3.12. The van der Waals surface area contributed by atoms with Crippen LogP contribution in [0, 0.1) is 11.3 Å². The summed E-state index contributed by atoms with van der Waals surface area (Å²) in [7, 11) is 1.61. The monoisotopic (exact) mass is 411 g/mol. The summed E-state index contributed by atoms with van der Waals surface area (Å²) >= 11 is 0. The molecule has 0 saturated heterocycles. The van der Waals surface area contributed by atoms with E-state index < -0.39 is 5.91 Å². The van der Waals surface area contributed by atoms with Gasteiger partial charge in [-0.2, -0.15) is 5.26 Å². The van der Waals surface area contributed by atoms with Crippen molar-refractivity contribution in [2.75, 3.05) is 7.11 Å². The summed E-state index contributed by atoms with van der Waals surface area (Å²) in [5, 5.41) is 12.4. The van der Waals surface area contributed by atoms with Gasteiger partial charge < -0.3 is 15.0 Å². The van der Waals surface area contributed by atoms with Crippen molar-refractivity contribution in [3.63, 3.8) is 0 Å². The molecule has 3 aromatic carbocycles. The molecule has 0 heterocycles. The Balaban J connectivity index is 1.73. The summed E-state index contributed by atoms with van der Waals surface area (Å²) in [5.41, 5.74) is 3.20. The Morgan fingerprint density at radius 3 is 1.94 bits per heavy atom. The molecule has 0 unspecified atom stereocenters. The van der Waals surface area contributed by atoms with Crippen molar-refractivity contribution in [2.45, 2.75) is 19.6 Å². The van der Waals surface area contributed by atoms with Gasteiger partial charge in [-0.05, 0) is 28.8 Å². The summed E-state index contributed by atoms with van der Waals surface area (Å²) < 4.78 is 5.15. The van der Waals surface area contributed by atoms with E-state index in [1.165, 1.54) is 0 Å². The molecule has 0 fully saturated rings. The number of nitrogens with one attached hydrogen (secondary N) is 1. The number of nitriles is 1. The zero-order chi connectivity index (χ0) is 21.9. The normalized spacial score (nSPS) is 10.8. The number of rotatable bonds is 9. The zero-order valence-electron chi connectivity index (χ0n) is 17.5. The highest BCUT2D eigenvalue weighted by molar-refractivity contribution is 5.97. The third-order valence-corrected chi connectivity index (χ3v) is 4.75. The minimum absolute atomic E-state index is 0.0698. The van der Waals surface area contributed by atoms with E-state index >= 15 is 0 Å². The second-order valence-electron chi connectivity index (χ2n) is 7.06. The van der Waals surface area contributed by atoms with Crippen molar-refractivity contribution in [3.05, 3.63) is 113 Å². The second-order valence-corrected chi connectivity index (χ2v) is 7.06. The number of benzene rings is 3. The minimum Gasteiger partial charge on any atom is -0.497 e. The maximum Gasteiger partial charge on any atom is 0.263 e. The Kier molecular flexibility index (Phi) is 7.84. The molecule has 0 aliphatic heterocycles. The number of amides is 1. The van der Waals surface area contributed by atoms with E-state index in [2.05, 4.69) is 5.32 Å². The van der Waals surface area contributed by atoms with Crippen LogP contribution in [0.1, 0.15) is 16.7 Å². The van der Waals surface area contributed by atoms with Crippen molar-refractivity contribution >= 4 is 5.91 Å². The van der Waals surface area contributed by atoms with Gasteiger partial charge in [-0.1, -0.05) is 72.8 Å². The molecule has 0 atom stereocenters. The first kappa shape index (κ1) is 21.7. The molecule has 5 nitrogen and oxygen atoms in total. The molecule has 31 heavy (non-hydrogen) atoms. The van der Waals surface area contributed by atoms with E-state index in [4.69, 9.17) is 4.74 Å². The molecule has 0 aromatic heterocycles. The number of ether oxygens (including phenoxy) is 1. The van der Waals surface area contributed by atoms with Crippen molar-refractivity contribution in [3.8, 4) is 11.8 Å². The molecule has 1 amide bonds. The molecule has 3 aromatic rings. The third-order valence-electron chi connectivity index (χ3n) is 4.75. The molecule has 0 saturated carbocycles. The lowest BCUT2D eigenvalue weighted by atomic mass is 10.1. The summed E-state index contributed by atoms with van der Waals surface area (Å²) in [6, 6.07) is 29.4. The predicted octanol–water partition coefficient (Wildman–Crippen LogP) is 4.42. The summed E-state index contributed by atoms with van der Waals surface area (Å²) in [4.78, 5) is 14.6. The fraction of sp³-hybridized carbons (Fsp3) is 0.154. The lowest BCUT2D eigenvalue weighted by molar-refractivity contribution is -0.117. The predicted molar refractivity (Wildman–Crippen MR) is 121 cm³/mol. The molecular formula is C26H25N3O2. The van der Waals surface area contributed by atoms with E-state index in [-0.39, 0.29) is 5.57 Å². The van der Waals surface area contributed by atoms with Gasteiger partial charge in [0.2, 0.25) is 0 Å². The highest BCUT2D eigenvalue weighted by Gasteiger charge is 2.12. The Labute approximate surface area is 183 Å². The number of carbonyl (C=O) groups excluding carboxylic acids is 1. The van der Waals surface area contributed by atoms with Gasteiger partial charge in [0.1, 0.15) is 17.4 Å². The van der Waals surface area contributed by atoms with E-state index in [0.717, 1.165) is 22.4 Å². The molecule has 1 N–H and O–H groups in total. The van der Waals surface area contributed by atoms with Crippen LogP contribution in [0.15, 0.2) is 96.7 Å². The molecule has 0 bridgehead atoms. The number of methoxy groups -OCH3 is 1. The smallest absolute Gasteiger partial charge is 0.263 e. The van der Waals surface area contributed by atoms with Crippen LogP contribution in [0.3, 0.4) is 0 Å². The first-order valence-corrected chi connectivity index (χ1v) is 10.0. The zero-order valence-corrected chi connectivity index (χ0v) is 17.5. The van der Waals surface area contributed by atoms with Crippen molar-refractivity contribution in [2.24, 2.45) is 0 Å². The fourth-order valence-electron chi connectivity index (χ4n) is 3.12. The van der Waals surface area contributed by atoms with Gasteiger partial charge in [0.15, 0.2) is 0 Å². The topological polar surface area (TPSA) is 65.4 Å². The number of carbonyl (C=O) groups is 1. The first-order chi connectivity index (χ1) is 15.2. The lowest BCUT2D eigenvalue weighted by Crippen LogP contribution is -2.26. The highest BCUT2D eigenvalue weighted by Crippen LogP contribution is 2.13. The van der Waals surface area contributed by atoms with E-state index in [0.29, 0.717) is 19.6 Å².